The van der Waals surface area contributed by atoms with Crippen LogP contribution in [0.3, 0.4) is 0 Å². The molecule has 0 bridgehead atoms. The molecule has 1 heterocycles. The molecule has 1 saturated heterocycles. The van der Waals surface area contributed by atoms with Crippen LogP contribution in [-0.2, 0) is 20.8 Å². The van der Waals surface area contributed by atoms with Gasteiger partial charge in [0, 0.05) is 18.2 Å². The van der Waals surface area contributed by atoms with Gasteiger partial charge in [-0.1, -0.05) is 69.7 Å². The van der Waals surface area contributed by atoms with E-state index in [0.717, 1.165) is 30.4 Å². The molecule has 5 atom stereocenters. The molecule has 0 saturated carbocycles. The van der Waals surface area contributed by atoms with Crippen LogP contribution >= 0.6 is 0 Å². The van der Waals surface area contributed by atoms with E-state index in [9.17, 15) is 19.2 Å². The van der Waals surface area contributed by atoms with E-state index in [4.69, 9.17) is 5.73 Å². The van der Waals surface area contributed by atoms with Crippen LogP contribution in [0.25, 0.3) is 0 Å². The first-order valence-electron chi connectivity index (χ1n) is 15.0. The number of hydrogen-bond acceptors (Lipinski definition) is 5. The van der Waals surface area contributed by atoms with Gasteiger partial charge in [-0.05, 0) is 67.7 Å². The van der Waals surface area contributed by atoms with Crippen LogP contribution in [0.15, 0.2) is 48.5 Å². The minimum absolute atomic E-state index is 0.151. The SMILES string of the molecule is CC[C@H](N)C(=O)N[C@H](C(=O)N1C[C@@H](NC(=O)c2ccc(C)cc2)C[C@H]1C(=O)N[C@@H]1CCCc2ccccc21)C(C)(C)C. The second kappa shape index (κ2) is 13.1. The Morgan fingerprint density at radius 1 is 1.02 bits per heavy atom. The van der Waals surface area contributed by atoms with Crippen molar-refractivity contribution in [3.8, 4) is 0 Å². The van der Waals surface area contributed by atoms with Gasteiger partial charge < -0.3 is 26.6 Å². The first-order valence-corrected chi connectivity index (χ1v) is 15.0. The Morgan fingerprint density at radius 2 is 1.71 bits per heavy atom. The zero-order chi connectivity index (χ0) is 30.6. The van der Waals surface area contributed by atoms with Gasteiger partial charge in [-0.25, -0.2) is 0 Å². The molecule has 5 N–H and O–H groups in total. The topological polar surface area (TPSA) is 134 Å². The Bertz CT molecular complexity index is 1300. The summed E-state index contributed by atoms with van der Waals surface area (Å²) < 4.78 is 0. The third kappa shape index (κ3) is 7.18. The van der Waals surface area contributed by atoms with Crippen LogP contribution < -0.4 is 21.7 Å². The maximum Gasteiger partial charge on any atom is 0.251 e. The van der Waals surface area contributed by atoms with Gasteiger partial charge in [0.15, 0.2) is 0 Å². The van der Waals surface area contributed by atoms with Gasteiger partial charge in [0.2, 0.25) is 17.7 Å². The maximum atomic E-state index is 14.2. The Labute approximate surface area is 249 Å². The van der Waals surface area contributed by atoms with E-state index < -0.39 is 35.5 Å². The van der Waals surface area contributed by atoms with Crippen LogP contribution in [0.4, 0.5) is 0 Å². The average molecular weight is 576 g/mol. The van der Waals surface area contributed by atoms with E-state index in [2.05, 4.69) is 22.0 Å². The van der Waals surface area contributed by atoms with Crippen molar-refractivity contribution >= 4 is 23.6 Å². The molecule has 9 heteroatoms. The predicted molar refractivity (Wildman–Crippen MR) is 162 cm³/mol. The van der Waals surface area contributed by atoms with Crippen LogP contribution in [0.1, 0.15) is 86.5 Å². The van der Waals surface area contributed by atoms with Crippen LogP contribution in [-0.4, -0.2) is 59.2 Å². The van der Waals surface area contributed by atoms with E-state index in [1.54, 1.807) is 12.1 Å². The molecule has 2 aliphatic rings. The molecule has 0 spiro atoms. The van der Waals surface area contributed by atoms with Gasteiger partial charge in [-0.2, -0.15) is 0 Å². The van der Waals surface area contributed by atoms with Crippen molar-refractivity contribution in [1.29, 1.82) is 0 Å². The molecule has 0 unspecified atom stereocenters. The summed E-state index contributed by atoms with van der Waals surface area (Å²) in [5, 5.41) is 9.09. The smallest absolute Gasteiger partial charge is 0.251 e. The standard InChI is InChI=1S/C33H45N5O4/c1-6-25(34)30(40)37-28(33(3,4)5)32(42)38-19-23(35-29(39)22-16-14-20(2)15-17-22)18-27(38)31(41)36-26-13-9-11-21-10-7-8-12-24(21)26/h7-8,10,12,14-17,23,25-28H,6,9,11,13,18-19,34H2,1-5H3,(H,35,39)(H,36,41)(H,37,40)/t23-,25-,26+,27-,28+/m0/s1. The van der Waals surface area contributed by atoms with E-state index in [0.29, 0.717) is 12.0 Å². The van der Waals surface area contributed by atoms with Gasteiger partial charge in [0.25, 0.3) is 5.91 Å². The van der Waals surface area contributed by atoms with Crippen molar-refractivity contribution in [1.82, 2.24) is 20.9 Å². The van der Waals surface area contributed by atoms with Crippen LogP contribution in [0, 0.1) is 12.3 Å². The monoisotopic (exact) mass is 575 g/mol. The Balaban J connectivity index is 1.59. The van der Waals surface area contributed by atoms with Gasteiger partial charge in [0.05, 0.1) is 12.1 Å². The number of carbonyl (C=O) groups is 4. The van der Waals surface area contributed by atoms with Gasteiger partial charge >= 0.3 is 0 Å². The molecule has 1 aliphatic heterocycles. The molecule has 0 radical (unpaired) electrons. The number of hydrogen-bond donors (Lipinski definition) is 4. The summed E-state index contributed by atoms with van der Waals surface area (Å²) in [6.45, 7) is 9.52. The van der Waals surface area contributed by atoms with E-state index in [1.165, 1.54) is 10.5 Å². The Morgan fingerprint density at radius 3 is 2.38 bits per heavy atom. The number of rotatable bonds is 8. The number of carbonyl (C=O) groups excluding carboxylic acids is 4. The van der Waals surface area contributed by atoms with Crippen molar-refractivity contribution in [2.75, 3.05) is 6.54 Å². The normalized spacial score (nSPS) is 21.6. The first-order chi connectivity index (χ1) is 19.9. The van der Waals surface area contributed by atoms with Crippen molar-refractivity contribution in [2.45, 2.75) is 96.9 Å². The summed E-state index contributed by atoms with van der Waals surface area (Å²) in [6.07, 6.45) is 3.44. The Hall–Kier alpha value is -3.72. The lowest BCUT2D eigenvalue weighted by Gasteiger charge is -2.36. The molecule has 226 valence electrons. The summed E-state index contributed by atoms with van der Waals surface area (Å²) in [6, 6.07) is 12.3. The largest absolute Gasteiger partial charge is 0.347 e. The fraction of sp³-hybridized carbons (Fsp3) is 0.515. The summed E-state index contributed by atoms with van der Waals surface area (Å²) in [7, 11) is 0. The molecular weight excluding hydrogens is 530 g/mol. The molecule has 0 aromatic heterocycles. The van der Waals surface area contributed by atoms with Crippen molar-refractivity contribution in [3.05, 3.63) is 70.8 Å². The number of nitrogens with two attached hydrogens (primary N) is 1. The molecule has 4 amide bonds. The van der Waals surface area contributed by atoms with Crippen molar-refractivity contribution in [3.63, 3.8) is 0 Å². The van der Waals surface area contributed by atoms with Gasteiger partial charge in [-0.15, -0.1) is 0 Å². The zero-order valence-corrected chi connectivity index (χ0v) is 25.4. The van der Waals surface area contributed by atoms with E-state index in [-0.39, 0.29) is 36.7 Å². The molecule has 1 fully saturated rings. The average Bonchev–Trinajstić information content (AvgIpc) is 3.38. The second-order valence-corrected chi connectivity index (χ2v) is 12.8. The highest BCUT2D eigenvalue weighted by Gasteiger charge is 2.46. The third-order valence-corrected chi connectivity index (χ3v) is 8.40. The van der Waals surface area contributed by atoms with Crippen LogP contribution in [0.2, 0.25) is 0 Å². The number of fused-ring (bicyclic) bond motifs is 1. The lowest BCUT2D eigenvalue weighted by molar-refractivity contribution is -0.144. The molecule has 42 heavy (non-hydrogen) atoms. The molecule has 2 aromatic carbocycles. The number of nitrogens with zero attached hydrogens (tertiary/aromatic N) is 1. The van der Waals surface area contributed by atoms with Crippen LogP contribution in [0.5, 0.6) is 0 Å². The molecule has 9 nitrogen and oxygen atoms in total. The molecular formula is C33H45N5O4. The van der Waals surface area contributed by atoms with E-state index in [1.807, 2.05) is 65.0 Å². The Kier molecular flexibility index (Phi) is 9.71. The van der Waals surface area contributed by atoms with Gasteiger partial charge in [-0.3, -0.25) is 19.2 Å². The fourth-order valence-electron chi connectivity index (χ4n) is 5.83. The summed E-state index contributed by atoms with van der Waals surface area (Å²) in [4.78, 5) is 55.5. The van der Waals surface area contributed by atoms with Gasteiger partial charge in [0.1, 0.15) is 12.1 Å². The number of likely N-dealkylation sites (tertiary alicyclic amines) is 1. The molecule has 4 rings (SSSR count). The maximum absolute atomic E-state index is 14.2. The van der Waals surface area contributed by atoms with Crippen molar-refractivity contribution in [2.24, 2.45) is 11.1 Å². The fourth-order valence-corrected chi connectivity index (χ4v) is 5.83. The van der Waals surface area contributed by atoms with Crippen molar-refractivity contribution < 1.29 is 19.2 Å². The summed E-state index contributed by atoms with van der Waals surface area (Å²) >= 11 is 0. The number of benzene rings is 2. The lowest BCUT2D eigenvalue weighted by atomic mass is 9.85. The number of amides is 4. The third-order valence-electron chi connectivity index (χ3n) is 8.40. The quantitative estimate of drug-likeness (QED) is 0.384. The highest BCUT2D eigenvalue weighted by Crippen LogP contribution is 2.31. The minimum Gasteiger partial charge on any atom is -0.347 e. The summed E-state index contributed by atoms with van der Waals surface area (Å²) in [5.74, 6) is -1.30. The molecule has 1 aliphatic carbocycles. The number of nitrogens with one attached hydrogen (secondary N) is 3. The minimum atomic E-state index is -0.903. The summed E-state index contributed by atoms with van der Waals surface area (Å²) in [5.41, 5.74) is 9.21. The highest BCUT2D eigenvalue weighted by molar-refractivity contribution is 5.96. The lowest BCUT2D eigenvalue weighted by Crippen LogP contribution is -2.59. The zero-order valence-electron chi connectivity index (χ0n) is 25.4. The number of aryl methyl sites for hydroxylation is 2. The van der Waals surface area contributed by atoms with E-state index >= 15 is 0 Å². The molecule has 2 aromatic rings. The second-order valence-electron chi connectivity index (χ2n) is 12.8. The highest BCUT2D eigenvalue weighted by atomic mass is 16.2. The predicted octanol–water partition coefficient (Wildman–Crippen LogP) is 3.16. The first kappa shape index (κ1) is 31.2.